The number of hydrogen-bond donors (Lipinski definition) is 3. The summed E-state index contributed by atoms with van der Waals surface area (Å²) in [5.41, 5.74) is 7.61. The van der Waals surface area contributed by atoms with Crippen LogP contribution in [0.5, 0.6) is 0 Å². The highest BCUT2D eigenvalue weighted by molar-refractivity contribution is 5.79. The monoisotopic (exact) mass is 333 g/mol. The van der Waals surface area contributed by atoms with Crippen LogP contribution in [0.2, 0.25) is 0 Å². The molecule has 130 valence electrons. The first kappa shape index (κ1) is 16.0. The number of hydrogen-bond acceptors (Lipinski definition) is 3. The zero-order valence-corrected chi connectivity index (χ0v) is 14.1. The van der Waals surface area contributed by atoms with Crippen LogP contribution in [-0.2, 0) is 4.79 Å². The lowest BCUT2D eigenvalue weighted by molar-refractivity contribution is -0.555. The van der Waals surface area contributed by atoms with Gasteiger partial charge in [0.15, 0.2) is 6.04 Å². The molecule has 2 saturated heterocycles. The lowest BCUT2D eigenvalue weighted by Crippen LogP contribution is -2.43. The van der Waals surface area contributed by atoms with Crippen LogP contribution in [0, 0.1) is 11.8 Å². The molecular formula is C18H26FN4O+. The SMILES string of the molecule is CC1=C(F)CCC(C2NCCC2C2C=[N+]3C(CNC3C(N)=O)C2)=C1. The third-order valence-corrected chi connectivity index (χ3v) is 6.13. The zero-order chi connectivity index (χ0) is 16.8. The van der Waals surface area contributed by atoms with Crippen LogP contribution in [0.15, 0.2) is 23.0 Å². The van der Waals surface area contributed by atoms with Crippen molar-refractivity contribution in [3.8, 4) is 0 Å². The highest BCUT2D eigenvalue weighted by Crippen LogP contribution is 2.38. The predicted molar refractivity (Wildman–Crippen MR) is 90.2 cm³/mol. The van der Waals surface area contributed by atoms with E-state index in [1.807, 2.05) is 13.0 Å². The summed E-state index contributed by atoms with van der Waals surface area (Å²) in [6.45, 7) is 3.69. The molecule has 0 aromatic rings. The third-order valence-electron chi connectivity index (χ3n) is 6.13. The molecule has 3 heterocycles. The Hall–Kier alpha value is -1.53. The molecule has 4 aliphatic rings. The summed E-state index contributed by atoms with van der Waals surface area (Å²) in [6, 6.07) is 0.697. The standard InChI is InChI=1S/C18H25FN4O/c1-10-6-11(2-3-15(10)19)16-14(4-5-21-16)12-7-13-8-22-18(17(20)24)23(13)9-12/h6,9,12-14,16,18,21-22H,2-5,7-8H2,1H3,(H-,20,24)/p+1. The van der Waals surface area contributed by atoms with Crippen molar-refractivity contribution in [2.75, 3.05) is 13.1 Å². The Morgan fingerprint density at radius 1 is 1.38 bits per heavy atom. The summed E-state index contributed by atoms with van der Waals surface area (Å²) in [5, 5.41) is 6.83. The van der Waals surface area contributed by atoms with E-state index in [9.17, 15) is 9.18 Å². The van der Waals surface area contributed by atoms with Crippen molar-refractivity contribution in [3.05, 3.63) is 23.0 Å². The highest BCUT2D eigenvalue weighted by Gasteiger charge is 2.49. The van der Waals surface area contributed by atoms with Gasteiger partial charge in [0.25, 0.3) is 6.17 Å². The van der Waals surface area contributed by atoms with Crippen LogP contribution in [0.1, 0.15) is 32.6 Å². The van der Waals surface area contributed by atoms with E-state index in [1.54, 1.807) is 0 Å². The van der Waals surface area contributed by atoms with E-state index in [0.717, 1.165) is 37.9 Å². The largest absolute Gasteiger partial charge is 0.363 e. The number of halogens is 1. The van der Waals surface area contributed by atoms with Gasteiger partial charge in [-0.3, -0.25) is 4.79 Å². The normalized spacial score (nSPS) is 39.0. The minimum atomic E-state index is -0.360. The number of nitrogens with two attached hydrogens (primary N) is 1. The Morgan fingerprint density at radius 3 is 2.96 bits per heavy atom. The number of allylic oxidation sites excluding steroid dienone is 3. The molecule has 0 aromatic heterocycles. The summed E-state index contributed by atoms with van der Waals surface area (Å²) in [5.74, 6) is 0.693. The quantitative estimate of drug-likeness (QED) is 0.670. The summed E-state index contributed by atoms with van der Waals surface area (Å²) in [7, 11) is 0. The van der Waals surface area contributed by atoms with E-state index >= 15 is 0 Å². The van der Waals surface area contributed by atoms with Gasteiger partial charge in [0, 0.05) is 24.8 Å². The molecule has 0 saturated carbocycles. The molecule has 5 atom stereocenters. The van der Waals surface area contributed by atoms with Crippen LogP contribution < -0.4 is 16.4 Å². The van der Waals surface area contributed by atoms with E-state index < -0.39 is 0 Å². The second-order valence-electron chi connectivity index (χ2n) is 7.55. The fourth-order valence-corrected chi connectivity index (χ4v) is 4.93. The molecule has 0 bridgehead atoms. The average molecular weight is 333 g/mol. The van der Waals surface area contributed by atoms with Crippen LogP contribution >= 0.6 is 0 Å². The first-order valence-electron chi connectivity index (χ1n) is 8.99. The van der Waals surface area contributed by atoms with Crippen molar-refractivity contribution in [3.63, 3.8) is 0 Å². The van der Waals surface area contributed by atoms with Gasteiger partial charge >= 0.3 is 5.91 Å². The van der Waals surface area contributed by atoms with E-state index in [1.165, 1.54) is 5.57 Å². The number of rotatable bonds is 3. The van der Waals surface area contributed by atoms with Crippen molar-refractivity contribution in [1.29, 1.82) is 0 Å². The van der Waals surface area contributed by atoms with Crippen LogP contribution in [-0.4, -0.2) is 48.0 Å². The van der Waals surface area contributed by atoms with E-state index in [-0.39, 0.29) is 17.9 Å². The minimum Gasteiger partial charge on any atom is -0.363 e. The molecule has 5 unspecified atom stereocenters. The Labute approximate surface area is 141 Å². The number of amides is 1. The van der Waals surface area contributed by atoms with E-state index in [0.29, 0.717) is 30.3 Å². The minimum absolute atomic E-state index is 0.0248. The first-order chi connectivity index (χ1) is 11.5. The van der Waals surface area contributed by atoms with Crippen molar-refractivity contribution in [2.45, 2.75) is 50.9 Å². The molecule has 6 heteroatoms. The molecule has 0 spiro atoms. The average Bonchev–Trinajstić information content (AvgIpc) is 3.22. The molecule has 1 amide bonds. The Bertz CT molecular complexity index is 653. The van der Waals surface area contributed by atoms with Gasteiger partial charge in [0.2, 0.25) is 0 Å². The lowest BCUT2D eigenvalue weighted by atomic mass is 9.79. The van der Waals surface area contributed by atoms with Gasteiger partial charge in [-0.1, -0.05) is 11.6 Å². The highest BCUT2D eigenvalue weighted by atomic mass is 19.1. The van der Waals surface area contributed by atoms with Crippen LogP contribution in [0.25, 0.3) is 0 Å². The van der Waals surface area contributed by atoms with Gasteiger partial charge < -0.3 is 11.1 Å². The van der Waals surface area contributed by atoms with Crippen molar-refractivity contribution in [1.82, 2.24) is 10.6 Å². The smallest absolute Gasteiger partial charge is 0.302 e. The van der Waals surface area contributed by atoms with Gasteiger partial charge in [-0.15, -0.1) is 0 Å². The maximum absolute atomic E-state index is 13.7. The number of carbonyl (C=O) groups excluding carboxylic acids is 1. The van der Waals surface area contributed by atoms with Crippen molar-refractivity contribution >= 4 is 12.1 Å². The molecule has 0 aromatic carbocycles. The van der Waals surface area contributed by atoms with Gasteiger partial charge in [-0.25, -0.2) is 14.3 Å². The lowest BCUT2D eigenvalue weighted by Gasteiger charge is -2.27. The van der Waals surface area contributed by atoms with Gasteiger partial charge in [-0.2, -0.15) is 0 Å². The maximum atomic E-state index is 13.7. The second kappa shape index (κ2) is 6.08. The van der Waals surface area contributed by atoms with E-state index in [2.05, 4.69) is 21.4 Å². The number of nitrogens with one attached hydrogen (secondary N) is 2. The number of carbonyl (C=O) groups is 1. The Morgan fingerprint density at radius 2 is 2.21 bits per heavy atom. The molecule has 4 rings (SSSR count). The molecule has 1 aliphatic carbocycles. The van der Waals surface area contributed by atoms with Gasteiger partial charge in [0.05, 0.1) is 6.54 Å². The summed E-state index contributed by atoms with van der Waals surface area (Å²) in [4.78, 5) is 11.6. The van der Waals surface area contributed by atoms with Gasteiger partial charge in [-0.05, 0) is 37.8 Å². The summed E-state index contributed by atoms with van der Waals surface area (Å²) >= 11 is 0. The molecule has 5 nitrogen and oxygen atoms in total. The number of fused-ring (bicyclic) bond motifs is 1. The number of primary amides is 1. The fraction of sp³-hybridized carbons (Fsp3) is 0.667. The van der Waals surface area contributed by atoms with Crippen LogP contribution in [0.3, 0.4) is 0 Å². The molecule has 3 aliphatic heterocycles. The summed E-state index contributed by atoms with van der Waals surface area (Å²) < 4.78 is 15.8. The third kappa shape index (κ3) is 2.62. The first-order valence-corrected chi connectivity index (χ1v) is 8.99. The predicted octanol–water partition coefficient (Wildman–Crippen LogP) is 0.815. The van der Waals surface area contributed by atoms with Crippen LogP contribution in [0.4, 0.5) is 4.39 Å². The molecule has 24 heavy (non-hydrogen) atoms. The molecular weight excluding hydrogens is 307 g/mol. The van der Waals surface area contributed by atoms with E-state index in [4.69, 9.17) is 5.73 Å². The van der Waals surface area contributed by atoms with Gasteiger partial charge in [0.1, 0.15) is 12.0 Å². The topological polar surface area (TPSA) is 70.2 Å². The number of nitrogens with zero attached hydrogens (tertiary/aromatic N) is 1. The molecule has 0 radical (unpaired) electrons. The Balaban J connectivity index is 1.55. The Kier molecular flexibility index (Phi) is 4.04. The van der Waals surface area contributed by atoms with Crippen molar-refractivity contribution < 1.29 is 13.8 Å². The molecule has 2 fully saturated rings. The second-order valence-corrected chi connectivity index (χ2v) is 7.55. The zero-order valence-electron chi connectivity index (χ0n) is 14.1. The van der Waals surface area contributed by atoms with Crippen molar-refractivity contribution in [2.24, 2.45) is 17.6 Å². The summed E-state index contributed by atoms with van der Waals surface area (Å²) in [6.07, 6.45) is 7.44. The fourth-order valence-electron chi connectivity index (χ4n) is 4.93. The maximum Gasteiger partial charge on any atom is 0.302 e. The molecule has 4 N–H and O–H groups in total.